The Morgan fingerprint density at radius 1 is 1.45 bits per heavy atom. The first-order valence-corrected chi connectivity index (χ1v) is 8.54. The number of thiophene rings is 1. The molecule has 112 valence electrons. The minimum Gasteiger partial charge on any atom is -0.480 e. The topological polar surface area (TPSA) is 40.5 Å². The van der Waals surface area contributed by atoms with Gasteiger partial charge in [-0.25, -0.2) is 0 Å². The molecule has 0 aromatic carbocycles. The molecule has 3 unspecified atom stereocenters. The van der Waals surface area contributed by atoms with Gasteiger partial charge in [0.1, 0.15) is 6.04 Å². The van der Waals surface area contributed by atoms with E-state index in [0.29, 0.717) is 12.0 Å². The molecule has 0 spiro atoms. The quantitative estimate of drug-likeness (QED) is 0.856. The maximum atomic E-state index is 11.5. The van der Waals surface area contributed by atoms with Gasteiger partial charge in [-0.1, -0.05) is 12.8 Å². The van der Waals surface area contributed by atoms with Crippen molar-refractivity contribution in [2.75, 3.05) is 0 Å². The zero-order valence-corrected chi connectivity index (χ0v) is 14.3. The van der Waals surface area contributed by atoms with Gasteiger partial charge in [0, 0.05) is 21.9 Å². The van der Waals surface area contributed by atoms with Gasteiger partial charge in [-0.3, -0.25) is 9.69 Å². The van der Waals surface area contributed by atoms with E-state index in [4.69, 9.17) is 0 Å². The lowest BCUT2D eigenvalue weighted by atomic mass is 9.85. The minimum absolute atomic E-state index is 0. The fourth-order valence-electron chi connectivity index (χ4n) is 3.63. The van der Waals surface area contributed by atoms with Gasteiger partial charge in [0.25, 0.3) is 0 Å². The molecule has 0 bridgehead atoms. The maximum Gasteiger partial charge on any atom is 0.320 e. The highest BCUT2D eigenvalue weighted by molar-refractivity contribution is 9.10. The Balaban J connectivity index is 0.00000147. The van der Waals surface area contributed by atoms with E-state index in [1.54, 1.807) is 11.3 Å². The van der Waals surface area contributed by atoms with E-state index in [-0.39, 0.29) is 18.4 Å². The summed E-state index contributed by atoms with van der Waals surface area (Å²) >= 11 is 5.26. The molecular formula is C14H19BrClNO2S. The third-order valence-electron chi connectivity index (χ3n) is 4.52. The Labute approximate surface area is 137 Å². The average Bonchev–Trinajstić information content (AvgIpc) is 2.95. The van der Waals surface area contributed by atoms with Crippen molar-refractivity contribution in [2.45, 2.75) is 50.7 Å². The Hall–Kier alpha value is -0.100. The predicted molar refractivity (Wildman–Crippen MR) is 86.6 cm³/mol. The fourth-order valence-corrected chi connectivity index (χ4v) is 5.11. The molecule has 1 aromatic rings. The number of hydrogen-bond acceptors (Lipinski definition) is 3. The third-order valence-corrected chi connectivity index (χ3v) is 6.43. The van der Waals surface area contributed by atoms with E-state index in [0.717, 1.165) is 23.9 Å². The van der Waals surface area contributed by atoms with Gasteiger partial charge >= 0.3 is 5.97 Å². The molecular weight excluding hydrogens is 362 g/mol. The van der Waals surface area contributed by atoms with Crippen LogP contribution in [0.1, 0.15) is 37.0 Å². The molecule has 2 fully saturated rings. The van der Waals surface area contributed by atoms with Gasteiger partial charge in [-0.15, -0.1) is 23.7 Å². The number of carboxylic acid groups (broad SMARTS) is 1. The highest BCUT2D eigenvalue weighted by atomic mass is 79.9. The van der Waals surface area contributed by atoms with E-state index >= 15 is 0 Å². The first-order chi connectivity index (χ1) is 9.16. The lowest BCUT2D eigenvalue weighted by Crippen LogP contribution is -2.41. The molecule has 3 rings (SSSR count). The normalized spacial score (nSPS) is 29.8. The van der Waals surface area contributed by atoms with Crippen LogP contribution in [-0.4, -0.2) is 28.1 Å². The van der Waals surface area contributed by atoms with E-state index in [1.807, 2.05) is 6.07 Å². The van der Waals surface area contributed by atoms with Crippen LogP contribution in [0.5, 0.6) is 0 Å². The summed E-state index contributed by atoms with van der Waals surface area (Å²) < 4.78 is 1.11. The first kappa shape index (κ1) is 16.3. The summed E-state index contributed by atoms with van der Waals surface area (Å²) in [7, 11) is 0. The summed E-state index contributed by atoms with van der Waals surface area (Å²) in [5.74, 6) is -0.0596. The van der Waals surface area contributed by atoms with Crippen molar-refractivity contribution in [3.8, 4) is 0 Å². The van der Waals surface area contributed by atoms with Crippen molar-refractivity contribution in [3.63, 3.8) is 0 Å². The predicted octanol–water partition coefficient (Wildman–Crippen LogP) is 4.15. The Bertz CT molecular complexity index is 481. The van der Waals surface area contributed by atoms with Gasteiger partial charge in [-0.05, 0) is 52.6 Å². The van der Waals surface area contributed by atoms with Crippen LogP contribution in [0.15, 0.2) is 15.9 Å². The van der Waals surface area contributed by atoms with Gasteiger partial charge in [0.15, 0.2) is 0 Å². The summed E-state index contributed by atoms with van der Waals surface area (Å²) in [4.78, 5) is 15.0. The number of carbonyl (C=O) groups is 1. The highest BCUT2D eigenvalue weighted by Gasteiger charge is 2.45. The number of likely N-dealkylation sites (tertiary alicyclic amines) is 1. The number of rotatable bonds is 3. The summed E-state index contributed by atoms with van der Waals surface area (Å²) in [6, 6.07) is 2.23. The Morgan fingerprint density at radius 2 is 2.20 bits per heavy atom. The fraction of sp³-hybridized carbons (Fsp3) is 0.643. The molecule has 6 heteroatoms. The van der Waals surface area contributed by atoms with Crippen LogP contribution < -0.4 is 0 Å². The largest absolute Gasteiger partial charge is 0.480 e. The molecule has 1 aliphatic carbocycles. The van der Waals surface area contributed by atoms with Crippen LogP contribution in [0.25, 0.3) is 0 Å². The summed E-state index contributed by atoms with van der Waals surface area (Å²) in [5.41, 5.74) is 0. The third kappa shape index (κ3) is 3.06. The van der Waals surface area contributed by atoms with Crippen molar-refractivity contribution in [1.82, 2.24) is 4.90 Å². The number of nitrogens with zero attached hydrogens (tertiary/aromatic N) is 1. The van der Waals surface area contributed by atoms with Crippen molar-refractivity contribution < 1.29 is 9.90 Å². The van der Waals surface area contributed by atoms with Gasteiger partial charge in [0.2, 0.25) is 0 Å². The standard InChI is InChI=1S/C14H18BrNO2S.ClH/c15-10-5-6-19-13(10)8-16-11-4-2-1-3-9(11)7-12(16)14(17)18;/h5-6,9,11-12H,1-4,7-8H2,(H,17,18);1H. The summed E-state index contributed by atoms with van der Waals surface area (Å²) in [6.45, 7) is 0.774. The maximum absolute atomic E-state index is 11.5. The number of aliphatic carboxylic acids is 1. The molecule has 1 saturated carbocycles. The second-order valence-electron chi connectivity index (χ2n) is 5.57. The minimum atomic E-state index is -0.651. The number of hydrogen-bond donors (Lipinski definition) is 1. The van der Waals surface area contributed by atoms with E-state index in [9.17, 15) is 9.90 Å². The van der Waals surface area contributed by atoms with Crippen LogP contribution in [0, 0.1) is 5.92 Å². The van der Waals surface area contributed by atoms with E-state index < -0.39 is 5.97 Å². The van der Waals surface area contributed by atoms with Crippen LogP contribution in [0.4, 0.5) is 0 Å². The second-order valence-corrected chi connectivity index (χ2v) is 7.42. The van der Waals surface area contributed by atoms with Crippen LogP contribution in [-0.2, 0) is 11.3 Å². The zero-order valence-electron chi connectivity index (χ0n) is 11.1. The van der Waals surface area contributed by atoms with Crippen molar-refractivity contribution in [3.05, 3.63) is 20.8 Å². The Kier molecular flexibility index (Phi) is 5.51. The van der Waals surface area contributed by atoms with Crippen molar-refractivity contribution >= 4 is 45.6 Å². The van der Waals surface area contributed by atoms with E-state index in [2.05, 4.69) is 26.2 Å². The van der Waals surface area contributed by atoms with Crippen LogP contribution in [0.3, 0.4) is 0 Å². The number of carboxylic acids is 1. The lowest BCUT2D eigenvalue weighted by Gasteiger charge is -2.32. The molecule has 0 radical (unpaired) electrons. The van der Waals surface area contributed by atoms with Gasteiger partial charge in [-0.2, -0.15) is 0 Å². The molecule has 20 heavy (non-hydrogen) atoms. The Morgan fingerprint density at radius 3 is 2.85 bits per heavy atom. The molecule has 3 atom stereocenters. The average molecular weight is 381 g/mol. The molecule has 1 N–H and O–H groups in total. The highest BCUT2D eigenvalue weighted by Crippen LogP contribution is 2.41. The lowest BCUT2D eigenvalue weighted by molar-refractivity contribution is -0.142. The van der Waals surface area contributed by atoms with Gasteiger partial charge in [0.05, 0.1) is 0 Å². The van der Waals surface area contributed by atoms with Crippen molar-refractivity contribution in [1.29, 1.82) is 0 Å². The van der Waals surface area contributed by atoms with E-state index in [1.165, 1.54) is 24.1 Å². The summed E-state index contributed by atoms with van der Waals surface area (Å²) in [6.07, 6.45) is 5.72. The molecule has 0 amide bonds. The van der Waals surface area contributed by atoms with Gasteiger partial charge < -0.3 is 5.11 Å². The monoisotopic (exact) mass is 379 g/mol. The number of halogens is 2. The molecule has 1 aliphatic heterocycles. The summed E-state index contributed by atoms with van der Waals surface area (Å²) in [5, 5.41) is 11.5. The first-order valence-electron chi connectivity index (χ1n) is 6.87. The van der Waals surface area contributed by atoms with Crippen LogP contribution >= 0.6 is 39.7 Å². The molecule has 3 nitrogen and oxygen atoms in total. The smallest absolute Gasteiger partial charge is 0.320 e. The number of fused-ring (bicyclic) bond motifs is 1. The molecule has 2 aliphatic rings. The molecule has 1 aromatic heterocycles. The SMILES string of the molecule is Cl.O=C(O)C1CC2CCCCC2N1Cc1sccc1Br. The van der Waals surface area contributed by atoms with Crippen LogP contribution in [0.2, 0.25) is 0 Å². The molecule has 1 saturated heterocycles. The second kappa shape index (κ2) is 6.77. The zero-order chi connectivity index (χ0) is 13.4. The van der Waals surface area contributed by atoms with Crippen molar-refractivity contribution in [2.24, 2.45) is 5.92 Å². The molecule has 2 heterocycles.